The highest BCUT2D eigenvalue weighted by molar-refractivity contribution is 7.89. The fourth-order valence-corrected chi connectivity index (χ4v) is 5.48. The second-order valence-electron chi connectivity index (χ2n) is 8.34. The molecule has 7 nitrogen and oxygen atoms in total. The number of aliphatic hydroxyl groups excluding tert-OH is 1. The Morgan fingerprint density at radius 2 is 1.46 bits per heavy atom. The first kappa shape index (κ1) is 25.3. The largest absolute Gasteiger partial charge is 0.491 e. The van der Waals surface area contributed by atoms with Crippen LogP contribution in [0.1, 0.15) is 15.9 Å². The number of nitrogens with zero attached hydrogens (tertiary/aromatic N) is 2. The van der Waals surface area contributed by atoms with E-state index in [0.717, 1.165) is 0 Å². The first-order valence-electron chi connectivity index (χ1n) is 11.3. The summed E-state index contributed by atoms with van der Waals surface area (Å²) in [6, 6.07) is 21.9. The van der Waals surface area contributed by atoms with Crippen molar-refractivity contribution in [2.45, 2.75) is 11.0 Å². The number of rotatable bonds is 9. The van der Waals surface area contributed by atoms with Gasteiger partial charge in [0, 0.05) is 48.9 Å². The minimum Gasteiger partial charge on any atom is -0.491 e. The average Bonchev–Trinajstić information content (AvgIpc) is 2.89. The van der Waals surface area contributed by atoms with Crippen LogP contribution < -0.4 is 4.74 Å². The Hall–Kier alpha value is -2.75. The number of ether oxygens (including phenoxy) is 1. The molecule has 9 heteroatoms. The summed E-state index contributed by atoms with van der Waals surface area (Å²) in [5.41, 5.74) is 1.08. The number of carbonyl (C=O) groups excluding carboxylic acids is 1. The zero-order valence-corrected chi connectivity index (χ0v) is 20.7. The summed E-state index contributed by atoms with van der Waals surface area (Å²) in [4.78, 5) is 14.9. The highest BCUT2D eigenvalue weighted by Crippen LogP contribution is 2.19. The smallest absolute Gasteiger partial charge is 0.243 e. The van der Waals surface area contributed by atoms with Crippen molar-refractivity contribution < 1.29 is 23.1 Å². The Morgan fingerprint density at radius 3 is 2.06 bits per heavy atom. The number of piperazine rings is 1. The number of ketones is 1. The van der Waals surface area contributed by atoms with E-state index >= 15 is 0 Å². The Bertz CT molecular complexity index is 1230. The van der Waals surface area contributed by atoms with Gasteiger partial charge in [0.05, 0.1) is 4.90 Å². The molecule has 0 saturated carbocycles. The van der Waals surface area contributed by atoms with E-state index in [1.807, 2.05) is 4.90 Å². The Balaban J connectivity index is 1.23. The van der Waals surface area contributed by atoms with Crippen molar-refractivity contribution in [2.75, 3.05) is 39.3 Å². The van der Waals surface area contributed by atoms with Gasteiger partial charge in [0.15, 0.2) is 5.78 Å². The summed E-state index contributed by atoms with van der Waals surface area (Å²) in [5.74, 6) is 0.442. The zero-order valence-electron chi connectivity index (χ0n) is 19.1. The number of β-amino-alcohol motifs (C(OH)–C–C–N with tert-alkyl or cyclic N) is 1. The lowest BCUT2D eigenvalue weighted by atomic mass is 10.0. The highest BCUT2D eigenvalue weighted by atomic mass is 35.5. The summed E-state index contributed by atoms with van der Waals surface area (Å²) in [7, 11) is -3.50. The number of benzene rings is 3. The summed E-state index contributed by atoms with van der Waals surface area (Å²) < 4.78 is 32.7. The van der Waals surface area contributed by atoms with Crippen molar-refractivity contribution in [2.24, 2.45) is 0 Å². The average molecular weight is 515 g/mol. The van der Waals surface area contributed by atoms with Crippen LogP contribution in [0.4, 0.5) is 0 Å². The predicted octanol–water partition coefficient (Wildman–Crippen LogP) is 3.32. The molecule has 4 rings (SSSR count). The van der Waals surface area contributed by atoms with E-state index in [2.05, 4.69) is 0 Å². The van der Waals surface area contributed by atoms with Crippen molar-refractivity contribution in [3.63, 3.8) is 0 Å². The van der Waals surface area contributed by atoms with Gasteiger partial charge < -0.3 is 9.84 Å². The summed E-state index contributed by atoms with van der Waals surface area (Å²) >= 11 is 5.87. The van der Waals surface area contributed by atoms with E-state index in [0.29, 0.717) is 59.5 Å². The van der Waals surface area contributed by atoms with Crippen molar-refractivity contribution in [1.82, 2.24) is 9.21 Å². The molecule has 1 N–H and O–H groups in total. The van der Waals surface area contributed by atoms with E-state index in [-0.39, 0.29) is 12.4 Å². The molecule has 1 aliphatic heterocycles. The molecule has 3 aromatic rings. The fraction of sp³-hybridized carbons (Fsp3) is 0.269. The normalized spacial score (nSPS) is 16.1. The quantitative estimate of drug-likeness (QED) is 0.441. The maximum absolute atomic E-state index is 12.7. The van der Waals surface area contributed by atoms with Gasteiger partial charge in [-0.05, 0) is 60.7 Å². The summed E-state index contributed by atoms with van der Waals surface area (Å²) in [5, 5.41) is 11.0. The van der Waals surface area contributed by atoms with Crippen LogP contribution in [0.2, 0.25) is 5.02 Å². The molecule has 0 amide bonds. The molecule has 35 heavy (non-hydrogen) atoms. The predicted molar refractivity (Wildman–Crippen MR) is 134 cm³/mol. The van der Waals surface area contributed by atoms with Gasteiger partial charge in [0.1, 0.15) is 18.5 Å². The van der Waals surface area contributed by atoms with Crippen LogP contribution in [0.5, 0.6) is 5.75 Å². The lowest BCUT2D eigenvalue weighted by Crippen LogP contribution is -2.50. The van der Waals surface area contributed by atoms with Gasteiger partial charge in [-0.15, -0.1) is 0 Å². The minimum absolute atomic E-state index is 0.0903. The molecule has 3 aromatic carbocycles. The van der Waals surface area contributed by atoms with Gasteiger partial charge in [0.2, 0.25) is 10.0 Å². The Morgan fingerprint density at radius 1 is 0.886 bits per heavy atom. The lowest BCUT2D eigenvalue weighted by molar-refractivity contribution is 0.0569. The molecular formula is C26H27ClN2O5S. The van der Waals surface area contributed by atoms with Crippen molar-refractivity contribution in [3.05, 3.63) is 95.0 Å². The molecule has 0 spiro atoms. The van der Waals surface area contributed by atoms with Gasteiger partial charge >= 0.3 is 0 Å². The second kappa shape index (κ2) is 11.3. The molecule has 1 fully saturated rings. The number of halogens is 1. The monoisotopic (exact) mass is 514 g/mol. The molecule has 1 saturated heterocycles. The van der Waals surface area contributed by atoms with Gasteiger partial charge in [-0.25, -0.2) is 8.42 Å². The Labute approximate surface area is 210 Å². The molecule has 1 atom stereocenters. The first-order chi connectivity index (χ1) is 16.8. The summed E-state index contributed by atoms with van der Waals surface area (Å²) in [6.07, 6.45) is -0.734. The highest BCUT2D eigenvalue weighted by Gasteiger charge is 2.29. The van der Waals surface area contributed by atoms with E-state index in [4.69, 9.17) is 16.3 Å². The second-order valence-corrected chi connectivity index (χ2v) is 10.7. The standard InChI is InChI=1S/C26H27ClN2O5S/c27-22-10-6-20(7-11-22)26(31)21-8-12-24(13-9-21)34-19-23(30)18-28-14-16-29(17-15-28)35(32,33)25-4-2-1-3-5-25/h1-13,23,30H,14-19H2/t23-/m0/s1. The van der Waals surface area contributed by atoms with Gasteiger partial charge in [-0.1, -0.05) is 29.8 Å². The van der Waals surface area contributed by atoms with Crippen LogP contribution >= 0.6 is 11.6 Å². The molecule has 184 valence electrons. The van der Waals surface area contributed by atoms with Crippen molar-refractivity contribution >= 4 is 27.4 Å². The molecule has 0 aromatic heterocycles. The molecule has 0 unspecified atom stereocenters. The number of hydrogen-bond donors (Lipinski definition) is 1. The van der Waals surface area contributed by atoms with Crippen molar-refractivity contribution in [1.29, 1.82) is 0 Å². The third-order valence-corrected chi connectivity index (χ3v) is 8.01. The van der Waals surface area contributed by atoms with Crippen molar-refractivity contribution in [3.8, 4) is 5.75 Å². The third-order valence-electron chi connectivity index (χ3n) is 5.85. The SMILES string of the molecule is O=C(c1ccc(Cl)cc1)c1ccc(OC[C@@H](O)CN2CCN(S(=O)(=O)c3ccccc3)CC2)cc1. The van der Waals surface area contributed by atoms with E-state index in [9.17, 15) is 18.3 Å². The van der Waals surface area contributed by atoms with Crippen LogP contribution in [-0.4, -0.2) is 73.9 Å². The maximum Gasteiger partial charge on any atom is 0.243 e. The Kier molecular flexibility index (Phi) is 8.20. The molecule has 1 aliphatic rings. The van der Waals surface area contributed by atoms with Crippen LogP contribution in [0.15, 0.2) is 83.8 Å². The van der Waals surface area contributed by atoms with Crippen LogP contribution in [0, 0.1) is 0 Å². The molecule has 0 aliphatic carbocycles. The van der Waals surface area contributed by atoms with E-state index in [1.54, 1.807) is 78.9 Å². The third kappa shape index (κ3) is 6.48. The van der Waals surface area contributed by atoms with Crippen LogP contribution in [0.3, 0.4) is 0 Å². The molecule has 0 radical (unpaired) electrons. The number of carbonyl (C=O) groups is 1. The van der Waals surface area contributed by atoms with Crippen LogP contribution in [0.25, 0.3) is 0 Å². The number of aliphatic hydroxyl groups is 1. The van der Waals surface area contributed by atoms with Gasteiger partial charge in [-0.3, -0.25) is 9.69 Å². The maximum atomic E-state index is 12.7. The summed E-state index contributed by atoms with van der Waals surface area (Å²) in [6.45, 7) is 2.27. The first-order valence-corrected chi connectivity index (χ1v) is 13.1. The van der Waals surface area contributed by atoms with Gasteiger partial charge in [-0.2, -0.15) is 4.31 Å². The van der Waals surface area contributed by atoms with Gasteiger partial charge in [0.25, 0.3) is 0 Å². The number of hydrogen-bond acceptors (Lipinski definition) is 6. The zero-order chi connectivity index (χ0) is 24.8. The molecule has 0 bridgehead atoms. The molecular weight excluding hydrogens is 488 g/mol. The van der Waals surface area contributed by atoms with Crippen LogP contribution in [-0.2, 0) is 10.0 Å². The topological polar surface area (TPSA) is 87.2 Å². The number of sulfonamides is 1. The minimum atomic E-state index is -3.50. The van der Waals surface area contributed by atoms with E-state index in [1.165, 1.54) is 4.31 Å². The lowest BCUT2D eigenvalue weighted by Gasteiger charge is -2.34. The molecule has 1 heterocycles. The van der Waals surface area contributed by atoms with E-state index < -0.39 is 16.1 Å². The fourth-order valence-electron chi connectivity index (χ4n) is 3.91.